The van der Waals surface area contributed by atoms with Gasteiger partial charge in [0, 0.05) is 26.1 Å². The SMILES string of the molecule is CCN(CC)S(=O)(=O)c1ccc(CCC(=O)NCCCCN)cc1. The van der Waals surface area contributed by atoms with Gasteiger partial charge in [-0.3, -0.25) is 4.79 Å². The average Bonchev–Trinajstić information content (AvgIpc) is 2.58. The van der Waals surface area contributed by atoms with Gasteiger partial charge >= 0.3 is 0 Å². The highest BCUT2D eigenvalue weighted by atomic mass is 32.2. The molecule has 0 aliphatic carbocycles. The number of nitrogens with two attached hydrogens (primary N) is 1. The van der Waals surface area contributed by atoms with Crippen LogP contribution in [0.15, 0.2) is 29.2 Å². The zero-order chi connectivity index (χ0) is 18.0. The molecule has 0 unspecified atom stereocenters. The lowest BCUT2D eigenvalue weighted by atomic mass is 10.1. The molecule has 0 aromatic heterocycles. The van der Waals surface area contributed by atoms with Crippen LogP contribution in [0.1, 0.15) is 38.7 Å². The van der Waals surface area contributed by atoms with Gasteiger partial charge in [0.05, 0.1) is 4.90 Å². The Morgan fingerprint density at radius 3 is 2.29 bits per heavy atom. The molecule has 0 saturated carbocycles. The van der Waals surface area contributed by atoms with Gasteiger partial charge in [0.15, 0.2) is 0 Å². The van der Waals surface area contributed by atoms with Crippen molar-refractivity contribution in [2.75, 3.05) is 26.2 Å². The van der Waals surface area contributed by atoms with Gasteiger partial charge in [-0.15, -0.1) is 0 Å². The van der Waals surface area contributed by atoms with Crippen LogP contribution in [0.25, 0.3) is 0 Å². The third-order valence-electron chi connectivity index (χ3n) is 3.86. The second kappa shape index (κ2) is 10.4. The monoisotopic (exact) mass is 355 g/mol. The molecule has 0 fully saturated rings. The molecule has 1 rings (SSSR count). The summed E-state index contributed by atoms with van der Waals surface area (Å²) in [4.78, 5) is 12.0. The van der Waals surface area contributed by atoms with Gasteiger partial charge in [-0.05, 0) is 43.5 Å². The summed E-state index contributed by atoms with van der Waals surface area (Å²) in [6, 6.07) is 6.78. The van der Waals surface area contributed by atoms with E-state index in [4.69, 9.17) is 5.73 Å². The Hall–Kier alpha value is -1.44. The van der Waals surface area contributed by atoms with Crippen molar-refractivity contribution in [3.05, 3.63) is 29.8 Å². The summed E-state index contributed by atoms with van der Waals surface area (Å²) in [5.74, 6) is 0.00635. The van der Waals surface area contributed by atoms with E-state index in [-0.39, 0.29) is 5.91 Å². The van der Waals surface area contributed by atoms with Crippen molar-refractivity contribution < 1.29 is 13.2 Å². The first-order valence-electron chi connectivity index (χ1n) is 8.51. The standard InChI is InChI=1S/C17H29N3O3S/c1-3-20(4-2)24(22,23)16-10-7-15(8-11-16)9-12-17(21)19-14-6-5-13-18/h7-8,10-11H,3-6,9,12-14,18H2,1-2H3,(H,19,21). The molecule has 136 valence electrons. The minimum absolute atomic E-state index is 0.00635. The molecular formula is C17H29N3O3S. The number of carbonyl (C=O) groups is 1. The molecule has 1 aromatic carbocycles. The number of unbranched alkanes of at least 4 members (excludes halogenated alkanes) is 1. The second-order valence-electron chi connectivity index (χ2n) is 5.58. The number of amides is 1. The van der Waals surface area contributed by atoms with Crippen molar-refractivity contribution in [3.8, 4) is 0 Å². The number of benzene rings is 1. The van der Waals surface area contributed by atoms with Gasteiger partial charge in [0.1, 0.15) is 0 Å². The largest absolute Gasteiger partial charge is 0.356 e. The Morgan fingerprint density at radius 2 is 1.75 bits per heavy atom. The molecule has 0 atom stereocenters. The Kier molecular flexibility index (Phi) is 8.95. The van der Waals surface area contributed by atoms with Crippen LogP contribution in [0.5, 0.6) is 0 Å². The summed E-state index contributed by atoms with van der Waals surface area (Å²) in [7, 11) is -3.42. The lowest BCUT2D eigenvalue weighted by Gasteiger charge is -2.18. The molecule has 0 aliphatic rings. The number of nitrogens with zero attached hydrogens (tertiary/aromatic N) is 1. The van der Waals surface area contributed by atoms with Crippen LogP contribution in [-0.4, -0.2) is 44.8 Å². The van der Waals surface area contributed by atoms with Crippen LogP contribution in [-0.2, 0) is 21.2 Å². The zero-order valence-corrected chi connectivity index (χ0v) is 15.4. The van der Waals surface area contributed by atoms with Crippen molar-refractivity contribution in [2.45, 2.75) is 44.4 Å². The first-order chi connectivity index (χ1) is 11.5. The fraction of sp³-hybridized carbons (Fsp3) is 0.588. The topological polar surface area (TPSA) is 92.5 Å². The van der Waals surface area contributed by atoms with Gasteiger partial charge in [-0.1, -0.05) is 26.0 Å². The number of nitrogens with one attached hydrogen (secondary N) is 1. The van der Waals surface area contributed by atoms with Crippen LogP contribution >= 0.6 is 0 Å². The third kappa shape index (κ3) is 6.22. The smallest absolute Gasteiger partial charge is 0.243 e. The number of sulfonamides is 1. The highest BCUT2D eigenvalue weighted by Gasteiger charge is 2.21. The van der Waals surface area contributed by atoms with Crippen LogP contribution in [0.2, 0.25) is 0 Å². The number of hydrogen-bond donors (Lipinski definition) is 2. The molecule has 0 heterocycles. The Bertz CT molecular complexity index is 596. The summed E-state index contributed by atoms with van der Waals surface area (Å²) < 4.78 is 26.2. The summed E-state index contributed by atoms with van der Waals surface area (Å²) in [5.41, 5.74) is 6.35. The maximum Gasteiger partial charge on any atom is 0.243 e. The van der Waals surface area contributed by atoms with E-state index >= 15 is 0 Å². The Balaban J connectivity index is 2.55. The van der Waals surface area contributed by atoms with E-state index in [1.807, 2.05) is 13.8 Å². The lowest BCUT2D eigenvalue weighted by molar-refractivity contribution is -0.121. The summed E-state index contributed by atoms with van der Waals surface area (Å²) >= 11 is 0. The average molecular weight is 356 g/mol. The maximum atomic E-state index is 12.4. The number of hydrogen-bond acceptors (Lipinski definition) is 4. The number of carbonyl (C=O) groups excluding carboxylic acids is 1. The summed E-state index contributed by atoms with van der Waals surface area (Å²) in [6.45, 7) is 5.83. The maximum absolute atomic E-state index is 12.4. The Morgan fingerprint density at radius 1 is 1.12 bits per heavy atom. The van der Waals surface area contributed by atoms with Crippen molar-refractivity contribution in [1.29, 1.82) is 0 Å². The molecule has 0 aliphatic heterocycles. The molecule has 24 heavy (non-hydrogen) atoms. The van der Waals surface area contributed by atoms with Gasteiger partial charge in [-0.2, -0.15) is 4.31 Å². The molecule has 0 saturated heterocycles. The van der Waals surface area contributed by atoms with E-state index in [0.717, 1.165) is 18.4 Å². The Labute approximate surface area is 145 Å². The molecule has 3 N–H and O–H groups in total. The first kappa shape index (κ1) is 20.6. The van der Waals surface area contributed by atoms with Crippen LogP contribution < -0.4 is 11.1 Å². The van der Waals surface area contributed by atoms with Gasteiger partial charge in [-0.25, -0.2) is 8.42 Å². The second-order valence-corrected chi connectivity index (χ2v) is 7.52. The lowest BCUT2D eigenvalue weighted by Crippen LogP contribution is -2.30. The molecular weight excluding hydrogens is 326 g/mol. The first-order valence-corrected chi connectivity index (χ1v) is 9.95. The molecule has 0 spiro atoms. The minimum atomic E-state index is -3.42. The van der Waals surface area contributed by atoms with Crippen molar-refractivity contribution in [3.63, 3.8) is 0 Å². The van der Waals surface area contributed by atoms with Crippen molar-refractivity contribution in [1.82, 2.24) is 9.62 Å². The van der Waals surface area contributed by atoms with E-state index in [2.05, 4.69) is 5.32 Å². The van der Waals surface area contributed by atoms with E-state index in [9.17, 15) is 13.2 Å². The molecule has 1 aromatic rings. The molecule has 1 amide bonds. The van der Waals surface area contributed by atoms with E-state index < -0.39 is 10.0 Å². The summed E-state index contributed by atoms with van der Waals surface area (Å²) in [5, 5.41) is 2.86. The highest BCUT2D eigenvalue weighted by Crippen LogP contribution is 2.16. The zero-order valence-electron chi connectivity index (χ0n) is 14.6. The fourth-order valence-corrected chi connectivity index (χ4v) is 3.84. The van der Waals surface area contributed by atoms with Crippen molar-refractivity contribution in [2.24, 2.45) is 5.73 Å². The minimum Gasteiger partial charge on any atom is -0.356 e. The van der Waals surface area contributed by atoms with E-state index in [1.165, 1.54) is 4.31 Å². The van der Waals surface area contributed by atoms with E-state index in [0.29, 0.717) is 43.9 Å². The van der Waals surface area contributed by atoms with Crippen LogP contribution in [0.4, 0.5) is 0 Å². The molecule has 0 bridgehead atoms. The van der Waals surface area contributed by atoms with Gasteiger partial charge < -0.3 is 11.1 Å². The quantitative estimate of drug-likeness (QED) is 0.589. The number of aryl methyl sites for hydroxylation is 1. The predicted molar refractivity (Wildman–Crippen MR) is 96.2 cm³/mol. The van der Waals surface area contributed by atoms with Crippen molar-refractivity contribution >= 4 is 15.9 Å². The van der Waals surface area contributed by atoms with Gasteiger partial charge in [0.2, 0.25) is 15.9 Å². The van der Waals surface area contributed by atoms with Gasteiger partial charge in [0.25, 0.3) is 0 Å². The normalized spacial score (nSPS) is 11.7. The predicted octanol–water partition coefficient (Wildman–Crippen LogP) is 1.50. The molecule has 7 heteroatoms. The molecule has 0 radical (unpaired) electrons. The molecule has 6 nitrogen and oxygen atoms in total. The van der Waals surface area contributed by atoms with Crippen LogP contribution in [0.3, 0.4) is 0 Å². The highest BCUT2D eigenvalue weighted by molar-refractivity contribution is 7.89. The van der Waals surface area contributed by atoms with Crippen LogP contribution in [0, 0.1) is 0 Å². The fourth-order valence-electron chi connectivity index (χ4n) is 2.38. The number of rotatable bonds is 11. The summed E-state index contributed by atoms with van der Waals surface area (Å²) in [6.07, 6.45) is 2.78. The third-order valence-corrected chi connectivity index (χ3v) is 5.92. The van der Waals surface area contributed by atoms with E-state index in [1.54, 1.807) is 24.3 Å².